The molecule has 0 bridgehead atoms. The summed E-state index contributed by atoms with van der Waals surface area (Å²) < 4.78 is 7.13. The molecule has 0 fully saturated rings. The Morgan fingerprint density at radius 1 is 0.350 bits per heavy atom. The molecule has 1 aliphatic heterocycles. The molecule has 2 aromatic heterocycles. The molecule has 60 heavy (non-hydrogen) atoms. The number of pyridine rings is 1. The van der Waals surface area contributed by atoms with Crippen LogP contribution in [0.25, 0.3) is 78.3 Å². The molecule has 4 nitrogen and oxygen atoms in total. The van der Waals surface area contributed by atoms with Gasteiger partial charge in [0.25, 0.3) is 0 Å². The minimum absolute atomic E-state index is 0.662. The van der Waals surface area contributed by atoms with Crippen LogP contribution in [0.4, 0.5) is 0 Å². The molecule has 2 aliphatic rings. The van der Waals surface area contributed by atoms with E-state index in [-0.39, 0.29) is 0 Å². The van der Waals surface area contributed by atoms with Gasteiger partial charge < -0.3 is 4.74 Å². The van der Waals surface area contributed by atoms with Gasteiger partial charge in [0.1, 0.15) is 11.5 Å². The lowest BCUT2D eigenvalue weighted by atomic mass is 9.65. The summed E-state index contributed by atoms with van der Waals surface area (Å²) >= 11 is 0. The van der Waals surface area contributed by atoms with Crippen LogP contribution in [0.3, 0.4) is 0 Å². The van der Waals surface area contributed by atoms with Gasteiger partial charge in [-0.15, -0.1) is 0 Å². The second-order valence-electron chi connectivity index (χ2n) is 15.4. The fourth-order valence-corrected chi connectivity index (χ4v) is 9.57. The smallest absolute Gasteiger partial charge is 0.160 e. The van der Waals surface area contributed by atoms with Crippen LogP contribution in [0.15, 0.2) is 212 Å². The van der Waals surface area contributed by atoms with Gasteiger partial charge in [0, 0.05) is 55.5 Å². The number of hydrogen-bond acceptors (Lipinski definition) is 4. The molecule has 0 saturated heterocycles. The van der Waals surface area contributed by atoms with Crippen LogP contribution in [0.2, 0.25) is 0 Å². The summed E-state index contributed by atoms with van der Waals surface area (Å²) in [5.41, 5.74) is 14.8. The van der Waals surface area contributed by atoms with Crippen LogP contribution >= 0.6 is 0 Å². The summed E-state index contributed by atoms with van der Waals surface area (Å²) in [6.07, 6.45) is 0. The molecule has 1 spiro atoms. The highest BCUT2D eigenvalue weighted by Gasteiger charge is 2.53. The number of nitrogens with zero attached hydrogens (tertiary/aromatic N) is 3. The quantitative estimate of drug-likeness (QED) is 0.175. The van der Waals surface area contributed by atoms with Gasteiger partial charge in [0.2, 0.25) is 0 Å². The SMILES string of the molecule is c1ccc(-c2cc(-c3ccccc3)nc(-c3cccc(-c4cccc5c4Oc4ccccc4C54c5ccccc5-c5nc(-c6ccccc6)c6ccccc6c54)c3)n2)cc1. The van der Waals surface area contributed by atoms with Crippen LogP contribution in [-0.4, -0.2) is 15.0 Å². The highest BCUT2D eigenvalue weighted by molar-refractivity contribution is 6.05. The summed E-state index contributed by atoms with van der Waals surface area (Å²) in [5, 5.41) is 2.30. The number of aromatic nitrogens is 3. The first-order chi connectivity index (χ1) is 29.8. The third-order valence-electron chi connectivity index (χ3n) is 12.1. The van der Waals surface area contributed by atoms with Gasteiger partial charge in [-0.1, -0.05) is 194 Å². The molecule has 8 aromatic carbocycles. The number of hydrogen-bond donors (Lipinski definition) is 0. The van der Waals surface area contributed by atoms with Crippen molar-refractivity contribution in [3.63, 3.8) is 0 Å². The fraction of sp³-hybridized carbons (Fsp3) is 0.0179. The molecular weight excluding hydrogens is 731 g/mol. The molecule has 0 N–H and O–H groups in total. The van der Waals surface area contributed by atoms with Gasteiger partial charge in [-0.2, -0.15) is 0 Å². The van der Waals surface area contributed by atoms with Crippen molar-refractivity contribution >= 4 is 10.8 Å². The molecular formula is C56H35N3O. The van der Waals surface area contributed by atoms with Crippen LogP contribution in [0.1, 0.15) is 22.3 Å². The number of benzene rings is 8. The van der Waals surface area contributed by atoms with E-state index in [1.165, 1.54) is 16.5 Å². The Kier molecular flexibility index (Phi) is 7.72. The second-order valence-corrected chi connectivity index (χ2v) is 15.4. The summed E-state index contributed by atoms with van der Waals surface area (Å²) in [5.74, 6) is 2.32. The van der Waals surface area contributed by atoms with E-state index in [1.807, 2.05) is 36.4 Å². The topological polar surface area (TPSA) is 47.9 Å². The predicted molar refractivity (Wildman–Crippen MR) is 242 cm³/mol. The zero-order valence-electron chi connectivity index (χ0n) is 32.5. The van der Waals surface area contributed by atoms with E-state index in [9.17, 15) is 0 Å². The first-order valence-corrected chi connectivity index (χ1v) is 20.4. The lowest BCUT2D eigenvalue weighted by Gasteiger charge is -2.40. The van der Waals surface area contributed by atoms with Gasteiger partial charge in [0.15, 0.2) is 5.82 Å². The normalized spacial score (nSPS) is 14.5. The van der Waals surface area contributed by atoms with Crippen molar-refractivity contribution in [2.75, 3.05) is 0 Å². The number of para-hydroxylation sites is 2. The van der Waals surface area contributed by atoms with Gasteiger partial charge in [-0.3, -0.25) is 0 Å². The number of ether oxygens (including phenoxy) is 1. The van der Waals surface area contributed by atoms with Crippen molar-refractivity contribution in [3.8, 4) is 79.0 Å². The zero-order valence-corrected chi connectivity index (χ0v) is 32.5. The molecule has 0 saturated carbocycles. The minimum Gasteiger partial charge on any atom is -0.456 e. The molecule has 10 aromatic rings. The Labute approximate surface area is 348 Å². The third-order valence-corrected chi connectivity index (χ3v) is 12.1. The lowest BCUT2D eigenvalue weighted by Crippen LogP contribution is -2.32. The van der Waals surface area contributed by atoms with Crippen molar-refractivity contribution in [3.05, 3.63) is 235 Å². The van der Waals surface area contributed by atoms with E-state index in [0.29, 0.717) is 5.82 Å². The summed E-state index contributed by atoms with van der Waals surface area (Å²) in [4.78, 5) is 16.0. The van der Waals surface area contributed by atoms with Crippen molar-refractivity contribution in [2.24, 2.45) is 0 Å². The van der Waals surface area contributed by atoms with Gasteiger partial charge in [-0.05, 0) is 34.7 Å². The van der Waals surface area contributed by atoms with Crippen molar-refractivity contribution < 1.29 is 4.74 Å². The van der Waals surface area contributed by atoms with Gasteiger partial charge in [0.05, 0.1) is 28.2 Å². The first kappa shape index (κ1) is 34.1. The van der Waals surface area contributed by atoms with E-state index >= 15 is 0 Å². The average Bonchev–Trinajstić information content (AvgIpc) is 3.62. The highest BCUT2D eigenvalue weighted by atomic mass is 16.5. The summed E-state index contributed by atoms with van der Waals surface area (Å²) in [7, 11) is 0. The van der Waals surface area contributed by atoms with Crippen molar-refractivity contribution in [1.29, 1.82) is 0 Å². The average molecular weight is 766 g/mol. The maximum Gasteiger partial charge on any atom is 0.160 e. The van der Waals surface area contributed by atoms with Gasteiger partial charge in [-0.25, -0.2) is 15.0 Å². The standard InChI is InChI=1S/C56H35N3O/c1-4-18-36(19-5-1)48-35-49(37-20-6-2-7-21-37)58-55(57-48)40-25-16-24-39(34-40)41-29-17-32-47-54(41)60-50-33-15-14-31-46(50)56(47)45-30-13-12-28-44(45)53-51(56)42-26-10-11-27-43(42)52(59-53)38-22-8-3-9-23-38/h1-35H. The minimum atomic E-state index is -0.705. The van der Waals surface area contributed by atoms with Crippen LogP contribution < -0.4 is 4.74 Å². The Balaban J connectivity index is 1.10. The van der Waals surface area contributed by atoms with Crippen molar-refractivity contribution in [1.82, 2.24) is 15.0 Å². The largest absolute Gasteiger partial charge is 0.456 e. The maximum atomic E-state index is 7.13. The summed E-state index contributed by atoms with van der Waals surface area (Å²) in [6, 6.07) is 74.5. The molecule has 280 valence electrons. The molecule has 0 radical (unpaired) electrons. The molecule has 4 heteroatoms. The molecule has 1 unspecified atom stereocenters. The van der Waals surface area contributed by atoms with Crippen molar-refractivity contribution in [2.45, 2.75) is 5.41 Å². The van der Waals surface area contributed by atoms with Crippen LogP contribution in [-0.2, 0) is 5.41 Å². The maximum absolute atomic E-state index is 7.13. The lowest BCUT2D eigenvalue weighted by molar-refractivity contribution is 0.438. The summed E-state index contributed by atoms with van der Waals surface area (Å²) in [6.45, 7) is 0. The third kappa shape index (κ3) is 5.14. The second kappa shape index (κ2) is 13.6. The number of fused-ring (bicyclic) bond motifs is 11. The highest BCUT2D eigenvalue weighted by Crippen LogP contribution is 2.64. The molecule has 0 amide bonds. The Morgan fingerprint density at radius 3 is 1.62 bits per heavy atom. The van der Waals surface area contributed by atoms with Crippen LogP contribution in [0.5, 0.6) is 11.5 Å². The Bertz CT molecular complexity index is 3230. The molecule has 1 aliphatic carbocycles. The van der Waals surface area contributed by atoms with Gasteiger partial charge >= 0.3 is 0 Å². The Hall–Kier alpha value is -7.95. The van der Waals surface area contributed by atoms with E-state index in [2.05, 4.69) is 176 Å². The van der Waals surface area contributed by atoms with E-state index in [4.69, 9.17) is 19.7 Å². The zero-order chi connectivity index (χ0) is 39.6. The Morgan fingerprint density at radius 2 is 0.883 bits per heavy atom. The molecule has 3 heterocycles. The molecule has 12 rings (SSSR count). The number of rotatable bonds is 5. The fourth-order valence-electron chi connectivity index (χ4n) is 9.57. The van der Waals surface area contributed by atoms with Crippen LogP contribution in [0, 0.1) is 0 Å². The molecule has 1 atom stereocenters. The predicted octanol–water partition coefficient (Wildman–Crippen LogP) is 13.8. The van der Waals surface area contributed by atoms with E-state index in [1.54, 1.807) is 0 Å². The monoisotopic (exact) mass is 765 g/mol. The first-order valence-electron chi connectivity index (χ1n) is 20.4. The van der Waals surface area contributed by atoms with E-state index in [0.717, 1.165) is 89.7 Å². The van der Waals surface area contributed by atoms with E-state index < -0.39 is 5.41 Å².